The van der Waals surface area contributed by atoms with Crippen LogP contribution in [0.5, 0.6) is 0 Å². The molecule has 1 N–H and O–H groups in total. The Hall–Kier alpha value is -1.59. The van der Waals surface area contributed by atoms with E-state index in [-0.39, 0.29) is 5.91 Å². The van der Waals surface area contributed by atoms with Gasteiger partial charge in [-0.2, -0.15) is 0 Å². The van der Waals surface area contributed by atoms with E-state index in [2.05, 4.69) is 10.5 Å². The predicted octanol–water partition coefficient (Wildman–Crippen LogP) is 2.38. The van der Waals surface area contributed by atoms with Crippen LogP contribution in [0.25, 0.3) is 0 Å². The molecule has 1 amide bonds. The molecule has 1 aliphatic rings. The summed E-state index contributed by atoms with van der Waals surface area (Å²) in [6, 6.07) is 7.39. The van der Waals surface area contributed by atoms with Crippen LogP contribution in [0.1, 0.15) is 25.3 Å². The topological polar surface area (TPSA) is 59.9 Å². The molecule has 1 atom stereocenters. The van der Waals surface area contributed by atoms with Crippen molar-refractivity contribution >= 4 is 23.2 Å². The van der Waals surface area contributed by atoms with E-state index in [9.17, 15) is 4.79 Å². The lowest BCUT2D eigenvalue weighted by Crippen LogP contribution is -2.45. The number of carbonyl (C=O) groups is 1. The molecule has 0 aliphatic carbocycles. The summed E-state index contributed by atoms with van der Waals surface area (Å²) in [6.07, 6.45) is 1.16. The molecule has 1 unspecified atom stereocenters. The first-order chi connectivity index (χ1) is 10.1. The van der Waals surface area contributed by atoms with E-state index >= 15 is 0 Å². The summed E-state index contributed by atoms with van der Waals surface area (Å²) in [5.41, 5.74) is 0.506. The van der Waals surface area contributed by atoms with E-state index < -0.39 is 5.60 Å². The van der Waals surface area contributed by atoms with E-state index in [4.69, 9.17) is 21.2 Å². The van der Waals surface area contributed by atoms with Gasteiger partial charge in [0.1, 0.15) is 0 Å². The molecular formula is C15H19ClN2O3. The Labute approximate surface area is 129 Å². The first kappa shape index (κ1) is 15.8. The number of nitrogens with zero attached hydrogens (tertiary/aromatic N) is 1. The molecule has 114 valence electrons. The van der Waals surface area contributed by atoms with Crippen molar-refractivity contribution in [3.05, 3.63) is 34.9 Å². The van der Waals surface area contributed by atoms with Gasteiger partial charge in [0.05, 0.1) is 5.71 Å². The Morgan fingerprint density at radius 3 is 3.00 bits per heavy atom. The molecule has 2 rings (SSSR count). The number of ether oxygens (including phenoxy) is 1. The van der Waals surface area contributed by atoms with E-state index in [1.807, 2.05) is 18.2 Å². The molecule has 0 saturated heterocycles. The van der Waals surface area contributed by atoms with E-state index in [0.717, 1.165) is 12.0 Å². The first-order valence-electron chi connectivity index (χ1n) is 6.84. The number of hydrogen-bond donors (Lipinski definition) is 1. The standard InChI is InChI=1S/C15H19ClN2O3/c1-15(14(19)17-8-5-9-20-2)10-13(18-21-15)11-6-3-4-7-12(11)16/h3-4,6-7H,5,8-10H2,1-2H3,(H,17,19). The summed E-state index contributed by atoms with van der Waals surface area (Å²) < 4.78 is 4.94. The third kappa shape index (κ3) is 3.74. The average Bonchev–Trinajstić information content (AvgIpc) is 2.87. The second-order valence-electron chi connectivity index (χ2n) is 5.12. The number of oxime groups is 1. The van der Waals surface area contributed by atoms with Crippen LogP contribution in [0.15, 0.2) is 29.4 Å². The minimum Gasteiger partial charge on any atom is -0.385 e. The number of methoxy groups -OCH3 is 1. The van der Waals surface area contributed by atoms with Crippen molar-refractivity contribution in [2.24, 2.45) is 5.16 Å². The van der Waals surface area contributed by atoms with Gasteiger partial charge in [-0.05, 0) is 19.4 Å². The van der Waals surface area contributed by atoms with Gasteiger partial charge < -0.3 is 14.9 Å². The van der Waals surface area contributed by atoms with E-state index in [0.29, 0.717) is 30.3 Å². The number of nitrogens with one attached hydrogen (secondary N) is 1. The van der Waals surface area contributed by atoms with Gasteiger partial charge in [0, 0.05) is 37.3 Å². The van der Waals surface area contributed by atoms with Gasteiger partial charge in [-0.3, -0.25) is 4.79 Å². The molecule has 0 spiro atoms. The summed E-state index contributed by atoms with van der Waals surface area (Å²) in [4.78, 5) is 17.6. The van der Waals surface area contributed by atoms with Gasteiger partial charge in [0.2, 0.25) is 5.60 Å². The fraction of sp³-hybridized carbons (Fsp3) is 0.467. The molecule has 21 heavy (non-hydrogen) atoms. The molecule has 0 fully saturated rings. The Kier molecular flexibility index (Phi) is 5.20. The Morgan fingerprint density at radius 2 is 2.29 bits per heavy atom. The summed E-state index contributed by atoms with van der Waals surface area (Å²) in [5.74, 6) is -0.176. The zero-order valence-corrected chi connectivity index (χ0v) is 12.9. The van der Waals surface area contributed by atoms with Crippen molar-refractivity contribution in [1.82, 2.24) is 5.32 Å². The third-order valence-corrected chi connectivity index (χ3v) is 3.67. The SMILES string of the molecule is COCCCNC(=O)C1(C)CC(c2ccccc2Cl)=NO1. The highest BCUT2D eigenvalue weighted by Gasteiger charge is 2.42. The predicted molar refractivity (Wildman–Crippen MR) is 81.6 cm³/mol. The lowest BCUT2D eigenvalue weighted by atomic mass is 9.95. The average molecular weight is 311 g/mol. The maximum atomic E-state index is 12.2. The molecule has 5 nitrogen and oxygen atoms in total. The van der Waals surface area contributed by atoms with E-state index in [1.54, 1.807) is 20.1 Å². The van der Waals surface area contributed by atoms with Crippen molar-refractivity contribution in [1.29, 1.82) is 0 Å². The number of hydrogen-bond acceptors (Lipinski definition) is 4. The Balaban J connectivity index is 1.96. The van der Waals surface area contributed by atoms with Crippen LogP contribution in [-0.4, -0.2) is 37.5 Å². The maximum Gasteiger partial charge on any atom is 0.267 e. The Bertz CT molecular complexity index is 547. The van der Waals surface area contributed by atoms with Gasteiger partial charge in [-0.1, -0.05) is 35.0 Å². The van der Waals surface area contributed by atoms with Gasteiger partial charge in [0.25, 0.3) is 5.91 Å². The summed E-state index contributed by atoms with van der Waals surface area (Å²) in [7, 11) is 1.63. The zero-order chi connectivity index (χ0) is 15.3. The van der Waals surface area contributed by atoms with Crippen molar-refractivity contribution in [2.45, 2.75) is 25.4 Å². The van der Waals surface area contributed by atoms with Crippen LogP contribution in [0.3, 0.4) is 0 Å². The summed E-state index contributed by atoms with van der Waals surface area (Å²) >= 11 is 6.14. The number of benzene rings is 1. The molecule has 0 aromatic heterocycles. The smallest absolute Gasteiger partial charge is 0.267 e. The Morgan fingerprint density at radius 1 is 1.52 bits per heavy atom. The van der Waals surface area contributed by atoms with Crippen molar-refractivity contribution in [3.63, 3.8) is 0 Å². The first-order valence-corrected chi connectivity index (χ1v) is 7.22. The van der Waals surface area contributed by atoms with E-state index in [1.165, 1.54) is 0 Å². The normalized spacial score (nSPS) is 20.8. The van der Waals surface area contributed by atoms with Crippen LogP contribution in [-0.2, 0) is 14.4 Å². The third-order valence-electron chi connectivity index (χ3n) is 3.34. The zero-order valence-electron chi connectivity index (χ0n) is 12.2. The fourth-order valence-corrected chi connectivity index (χ4v) is 2.35. The van der Waals surface area contributed by atoms with Crippen molar-refractivity contribution in [2.75, 3.05) is 20.3 Å². The number of amides is 1. The second kappa shape index (κ2) is 6.91. The lowest BCUT2D eigenvalue weighted by Gasteiger charge is -2.20. The minimum absolute atomic E-state index is 0.176. The summed E-state index contributed by atoms with van der Waals surface area (Å²) in [5, 5.41) is 7.47. The van der Waals surface area contributed by atoms with Crippen LogP contribution in [0.4, 0.5) is 0 Å². The van der Waals surface area contributed by atoms with Crippen molar-refractivity contribution in [3.8, 4) is 0 Å². The monoisotopic (exact) mass is 310 g/mol. The fourth-order valence-electron chi connectivity index (χ4n) is 2.11. The van der Waals surface area contributed by atoms with Crippen LogP contribution in [0, 0.1) is 0 Å². The number of rotatable bonds is 6. The molecule has 1 aromatic carbocycles. The lowest BCUT2D eigenvalue weighted by molar-refractivity contribution is -0.141. The van der Waals surface area contributed by atoms with Crippen LogP contribution >= 0.6 is 11.6 Å². The number of halogens is 1. The second-order valence-corrected chi connectivity index (χ2v) is 5.53. The van der Waals surface area contributed by atoms with Gasteiger partial charge in [-0.15, -0.1) is 0 Å². The van der Waals surface area contributed by atoms with Gasteiger partial charge in [0.15, 0.2) is 0 Å². The molecule has 1 aromatic rings. The van der Waals surface area contributed by atoms with Crippen LogP contribution < -0.4 is 5.32 Å². The quantitative estimate of drug-likeness (QED) is 0.821. The molecule has 0 bridgehead atoms. The van der Waals surface area contributed by atoms with Crippen molar-refractivity contribution < 1.29 is 14.4 Å². The molecule has 1 aliphatic heterocycles. The van der Waals surface area contributed by atoms with Gasteiger partial charge >= 0.3 is 0 Å². The minimum atomic E-state index is -0.985. The molecular weight excluding hydrogens is 292 g/mol. The molecule has 0 radical (unpaired) electrons. The molecule has 1 heterocycles. The van der Waals surface area contributed by atoms with Crippen LogP contribution in [0.2, 0.25) is 5.02 Å². The largest absolute Gasteiger partial charge is 0.385 e. The highest BCUT2D eigenvalue weighted by atomic mass is 35.5. The maximum absolute atomic E-state index is 12.2. The molecule has 0 saturated carbocycles. The molecule has 6 heteroatoms. The number of carbonyl (C=O) groups excluding carboxylic acids is 1. The summed E-state index contributed by atoms with van der Waals surface area (Å²) in [6.45, 7) is 2.89. The van der Waals surface area contributed by atoms with Gasteiger partial charge in [-0.25, -0.2) is 0 Å². The highest BCUT2D eigenvalue weighted by molar-refractivity contribution is 6.34. The highest BCUT2D eigenvalue weighted by Crippen LogP contribution is 2.29.